The molecule has 1 atom stereocenters. The molecule has 156 valence electrons. The van der Waals surface area contributed by atoms with Crippen molar-refractivity contribution in [1.82, 2.24) is 4.98 Å². The van der Waals surface area contributed by atoms with Gasteiger partial charge < -0.3 is 9.80 Å². The Morgan fingerprint density at radius 1 is 1.13 bits per heavy atom. The van der Waals surface area contributed by atoms with E-state index in [0.717, 1.165) is 43.2 Å². The standard InChI is InChI=1S/C21H21ClN4O2S2/c22-16-1-6-20-15(13-16)7-11-26(20)18-8-10-25(14-18)17-2-4-19(5-3-17)30(27,28)24-21-23-9-12-29-21/h1-6,9,12-13,18H,7-8,10-11,14H2,(H,23,24)/t18-/m0/s1. The summed E-state index contributed by atoms with van der Waals surface area (Å²) in [5, 5.41) is 2.90. The Hall–Kier alpha value is -2.29. The van der Waals surface area contributed by atoms with Crippen LogP contribution in [0.1, 0.15) is 12.0 Å². The van der Waals surface area contributed by atoms with E-state index >= 15 is 0 Å². The molecule has 0 radical (unpaired) electrons. The lowest BCUT2D eigenvalue weighted by atomic mass is 10.1. The lowest BCUT2D eigenvalue weighted by molar-refractivity contribution is 0.601. The fourth-order valence-electron chi connectivity index (χ4n) is 4.29. The minimum atomic E-state index is -3.62. The van der Waals surface area contributed by atoms with E-state index in [1.165, 1.54) is 22.6 Å². The van der Waals surface area contributed by atoms with Crippen LogP contribution >= 0.6 is 22.9 Å². The average Bonchev–Trinajstić information content (AvgIpc) is 3.48. The summed E-state index contributed by atoms with van der Waals surface area (Å²) in [5.41, 5.74) is 3.66. The van der Waals surface area contributed by atoms with Gasteiger partial charge in [0.1, 0.15) is 0 Å². The highest BCUT2D eigenvalue weighted by atomic mass is 35.5. The minimum absolute atomic E-state index is 0.238. The van der Waals surface area contributed by atoms with Gasteiger partial charge in [0.15, 0.2) is 5.13 Å². The van der Waals surface area contributed by atoms with Crippen molar-refractivity contribution in [1.29, 1.82) is 0 Å². The predicted molar refractivity (Wildman–Crippen MR) is 122 cm³/mol. The second kappa shape index (κ2) is 7.76. The van der Waals surface area contributed by atoms with Crippen LogP contribution in [-0.4, -0.2) is 39.1 Å². The molecule has 2 aliphatic heterocycles. The molecule has 1 N–H and O–H groups in total. The largest absolute Gasteiger partial charge is 0.369 e. The van der Waals surface area contributed by atoms with Gasteiger partial charge in [0.25, 0.3) is 10.0 Å². The summed E-state index contributed by atoms with van der Waals surface area (Å²) < 4.78 is 27.6. The minimum Gasteiger partial charge on any atom is -0.369 e. The van der Waals surface area contributed by atoms with E-state index < -0.39 is 10.0 Å². The summed E-state index contributed by atoms with van der Waals surface area (Å²) in [4.78, 5) is 9.03. The zero-order chi connectivity index (χ0) is 20.7. The van der Waals surface area contributed by atoms with Crippen LogP contribution in [0.25, 0.3) is 0 Å². The van der Waals surface area contributed by atoms with Crippen molar-refractivity contribution in [3.8, 4) is 0 Å². The summed E-state index contributed by atoms with van der Waals surface area (Å²) in [7, 11) is -3.62. The van der Waals surface area contributed by atoms with E-state index in [9.17, 15) is 8.42 Å². The SMILES string of the molecule is O=S(=O)(Nc1nccs1)c1ccc(N2CC[C@H](N3CCc4cc(Cl)ccc43)C2)cc1. The third kappa shape index (κ3) is 3.75. The zero-order valence-electron chi connectivity index (χ0n) is 16.2. The monoisotopic (exact) mass is 460 g/mol. The first kappa shape index (κ1) is 19.7. The number of halogens is 1. The molecule has 6 nitrogen and oxygen atoms in total. The Kier molecular flexibility index (Phi) is 5.08. The smallest absolute Gasteiger partial charge is 0.263 e. The summed E-state index contributed by atoms with van der Waals surface area (Å²) >= 11 is 7.40. The Morgan fingerprint density at radius 2 is 1.97 bits per heavy atom. The molecule has 0 spiro atoms. The van der Waals surface area contributed by atoms with Crippen LogP contribution in [0.5, 0.6) is 0 Å². The van der Waals surface area contributed by atoms with Gasteiger partial charge >= 0.3 is 0 Å². The molecular weight excluding hydrogens is 440 g/mol. The Morgan fingerprint density at radius 3 is 2.73 bits per heavy atom. The van der Waals surface area contributed by atoms with E-state index in [1.807, 2.05) is 18.2 Å². The molecule has 0 unspecified atom stereocenters. The molecule has 30 heavy (non-hydrogen) atoms. The molecule has 0 amide bonds. The first-order valence-corrected chi connectivity index (χ1v) is 12.6. The Balaban J connectivity index is 1.28. The van der Waals surface area contributed by atoms with Crippen molar-refractivity contribution in [3.05, 3.63) is 64.6 Å². The molecule has 0 bridgehead atoms. The highest BCUT2D eigenvalue weighted by molar-refractivity contribution is 7.93. The highest BCUT2D eigenvalue weighted by Crippen LogP contribution is 2.35. The van der Waals surface area contributed by atoms with Crippen molar-refractivity contribution in [3.63, 3.8) is 0 Å². The van der Waals surface area contributed by atoms with Crippen LogP contribution in [0.15, 0.2) is 58.9 Å². The molecule has 3 heterocycles. The van der Waals surface area contributed by atoms with Crippen LogP contribution in [0.3, 0.4) is 0 Å². The van der Waals surface area contributed by atoms with Gasteiger partial charge in [-0.05, 0) is 60.9 Å². The molecule has 9 heteroatoms. The number of anilines is 3. The van der Waals surface area contributed by atoms with Crippen molar-refractivity contribution < 1.29 is 8.42 Å². The number of benzene rings is 2. The number of nitrogens with one attached hydrogen (secondary N) is 1. The molecule has 2 aromatic carbocycles. The molecule has 3 aromatic rings. The van der Waals surface area contributed by atoms with E-state index in [2.05, 4.69) is 31.6 Å². The maximum absolute atomic E-state index is 12.5. The Bertz CT molecular complexity index is 1150. The molecule has 5 rings (SSSR count). The first-order valence-electron chi connectivity index (χ1n) is 9.82. The lowest BCUT2D eigenvalue weighted by Crippen LogP contribution is -2.36. The summed E-state index contributed by atoms with van der Waals surface area (Å²) in [5.74, 6) is 0. The number of sulfonamides is 1. The fourth-order valence-corrected chi connectivity index (χ4v) is 6.27. The fraction of sp³-hybridized carbons (Fsp3) is 0.286. The molecule has 0 aliphatic carbocycles. The molecule has 2 aliphatic rings. The van der Waals surface area contributed by atoms with Gasteiger partial charge in [-0.25, -0.2) is 13.4 Å². The molecule has 0 saturated carbocycles. The topological polar surface area (TPSA) is 65.5 Å². The maximum Gasteiger partial charge on any atom is 0.263 e. The Labute approximate surface area is 185 Å². The van der Waals surface area contributed by atoms with Crippen molar-refractivity contribution in [2.45, 2.75) is 23.8 Å². The van der Waals surface area contributed by atoms with Gasteiger partial charge in [-0.15, -0.1) is 11.3 Å². The highest BCUT2D eigenvalue weighted by Gasteiger charge is 2.32. The van der Waals surface area contributed by atoms with E-state index in [1.54, 1.807) is 23.7 Å². The second-order valence-electron chi connectivity index (χ2n) is 7.54. The van der Waals surface area contributed by atoms with Crippen LogP contribution in [0, 0.1) is 0 Å². The van der Waals surface area contributed by atoms with E-state index in [0.29, 0.717) is 11.2 Å². The summed E-state index contributed by atoms with van der Waals surface area (Å²) in [6, 6.07) is 13.7. The molecule has 1 saturated heterocycles. The average molecular weight is 461 g/mol. The number of hydrogen-bond donors (Lipinski definition) is 1. The number of rotatable bonds is 5. The zero-order valence-corrected chi connectivity index (χ0v) is 18.6. The number of hydrogen-bond acceptors (Lipinski definition) is 6. The van der Waals surface area contributed by atoms with Crippen LogP contribution in [0.2, 0.25) is 5.02 Å². The van der Waals surface area contributed by atoms with Crippen LogP contribution in [-0.2, 0) is 16.4 Å². The van der Waals surface area contributed by atoms with Crippen molar-refractivity contribution in [2.24, 2.45) is 0 Å². The van der Waals surface area contributed by atoms with Crippen LogP contribution in [0.4, 0.5) is 16.5 Å². The van der Waals surface area contributed by atoms with Gasteiger partial charge in [0.05, 0.1) is 4.90 Å². The molecular formula is C21H21ClN4O2S2. The van der Waals surface area contributed by atoms with Crippen LogP contribution < -0.4 is 14.5 Å². The first-order chi connectivity index (χ1) is 14.5. The summed E-state index contributed by atoms with van der Waals surface area (Å²) in [6.45, 7) is 2.90. The third-order valence-electron chi connectivity index (χ3n) is 5.74. The number of nitrogens with zero attached hydrogens (tertiary/aromatic N) is 3. The number of aromatic nitrogens is 1. The van der Waals surface area contributed by atoms with Crippen molar-refractivity contribution >= 4 is 49.5 Å². The normalized spacial score (nSPS) is 18.6. The van der Waals surface area contributed by atoms with E-state index in [-0.39, 0.29) is 4.90 Å². The number of fused-ring (bicyclic) bond motifs is 1. The van der Waals surface area contributed by atoms with Gasteiger partial charge in [-0.1, -0.05) is 11.6 Å². The predicted octanol–water partition coefficient (Wildman–Crippen LogP) is 4.24. The summed E-state index contributed by atoms with van der Waals surface area (Å²) in [6.07, 6.45) is 3.68. The van der Waals surface area contributed by atoms with Gasteiger partial charge in [-0.2, -0.15) is 0 Å². The van der Waals surface area contributed by atoms with Crippen molar-refractivity contribution in [2.75, 3.05) is 34.2 Å². The van der Waals surface area contributed by atoms with Gasteiger partial charge in [-0.3, -0.25) is 4.72 Å². The quantitative estimate of drug-likeness (QED) is 0.617. The van der Waals surface area contributed by atoms with E-state index in [4.69, 9.17) is 11.6 Å². The lowest BCUT2D eigenvalue weighted by Gasteiger charge is -2.27. The second-order valence-corrected chi connectivity index (χ2v) is 10.6. The van der Waals surface area contributed by atoms with Gasteiger partial charge in [0.2, 0.25) is 0 Å². The molecule has 1 fully saturated rings. The number of thiazole rings is 1. The maximum atomic E-state index is 12.5. The third-order valence-corrected chi connectivity index (χ3v) is 8.15. The van der Waals surface area contributed by atoms with Gasteiger partial charge in [0, 0.05) is 53.7 Å². The molecule has 1 aromatic heterocycles.